The molecule has 0 saturated heterocycles. The quantitative estimate of drug-likeness (QED) is 0.431. The fourth-order valence-corrected chi connectivity index (χ4v) is 2.14. The van der Waals surface area contributed by atoms with Crippen molar-refractivity contribution in [3.8, 4) is 0 Å². The van der Waals surface area contributed by atoms with Gasteiger partial charge in [-0.05, 0) is 31.4 Å². The number of unbranched alkanes of at least 4 members (excludes halogenated alkanes) is 1. The van der Waals surface area contributed by atoms with Crippen LogP contribution in [-0.2, 0) is 0 Å². The van der Waals surface area contributed by atoms with Gasteiger partial charge in [0.1, 0.15) is 0 Å². The van der Waals surface area contributed by atoms with Crippen molar-refractivity contribution in [2.45, 2.75) is 29.5 Å². The minimum Gasteiger partial charge on any atom is -0.396 e. The molecular formula is C11H17NOS. The highest BCUT2D eigenvalue weighted by Crippen LogP contribution is 2.22. The van der Waals surface area contributed by atoms with E-state index in [1.807, 2.05) is 18.2 Å². The first-order valence-corrected chi connectivity index (χ1v) is 5.79. The van der Waals surface area contributed by atoms with E-state index < -0.39 is 0 Å². The van der Waals surface area contributed by atoms with E-state index in [0.717, 1.165) is 19.3 Å². The van der Waals surface area contributed by atoms with Crippen LogP contribution in [-0.4, -0.2) is 17.1 Å². The van der Waals surface area contributed by atoms with Crippen LogP contribution in [0.2, 0.25) is 0 Å². The van der Waals surface area contributed by atoms with E-state index in [0.29, 0.717) is 0 Å². The highest BCUT2D eigenvalue weighted by molar-refractivity contribution is 7.99. The molecule has 0 spiro atoms. The number of hydrogen-bond acceptors (Lipinski definition) is 3. The molecule has 0 amide bonds. The Morgan fingerprint density at radius 3 is 2.57 bits per heavy atom. The summed E-state index contributed by atoms with van der Waals surface area (Å²) in [7, 11) is 0. The summed E-state index contributed by atoms with van der Waals surface area (Å²) in [6, 6.07) is 10.2. The Labute approximate surface area is 89.5 Å². The summed E-state index contributed by atoms with van der Waals surface area (Å²) in [5.74, 6) is 0. The topological polar surface area (TPSA) is 46.2 Å². The van der Waals surface area contributed by atoms with Crippen molar-refractivity contribution >= 4 is 11.8 Å². The molecule has 1 aromatic carbocycles. The third kappa shape index (κ3) is 4.65. The van der Waals surface area contributed by atoms with Crippen LogP contribution in [0.1, 0.15) is 19.3 Å². The summed E-state index contributed by atoms with van der Waals surface area (Å²) in [5.41, 5.74) is 5.93. The average Bonchev–Trinajstić information content (AvgIpc) is 2.20. The fourth-order valence-electron chi connectivity index (χ4n) is 1.19. The Kier molecular flexibility index (Phi) is 5.68. The molecule has 1 atom stereocenters. The van der Waals surface area contributed by atoms with E-state index in [9.17, 15) is 0 Å². The summed E-state index contributed by atoms with van der Waals surface area (Å²) in [6.45, 7) is 0.267. The van der Waals surface area contributed by atoms with Gasteiger partial charge < -0.3 is 10.8 Å². The van der Waals surface area contributed by atoms with Crippen molar-refractivity contribution in [2.24, 2.45) is 5.73 Å². The third-order valence-corrected chi connectivity index (χ3v) is 3.01. The highest BCUT2D eigenvalue weighted by Gasteiger charge is 2.03. The molecule has 0 aromatic heterocycles. The normalized spacial score (nSPS) is 12.7. The Bertz CT molecular complexity index is 240. The molecule has 1 aromatic rings. The zero-order valence-corrected chi connectivity index (χ0v) is 9.04. The minimum absolute atomic E-state index is 0.143. The maximum Gasteiger partial charge on any atom is 0.0554 e. The van der Waals surface area contributed by atoms with Gasteiger partial charge in [-0.3, -0.25) is 0 Å². The SMILES string of the molecule is NC(CCCCO)Sc1ccccc1. The van der Waals surface area contributed by atoms with Crippen LogP contribution < -0.4 is 5.73 Å². The Hall–Kier alpha value is -0.510. The van der Waals surface area contributed by atoms with Crippen molar-refractivity contribution in [3.63, 3.8) is 0 Å². The molecule has 0 saturated carbocycles. The summed E-state index contributed by atoms with van der Waals surface area (Å²) in [6.07, 6.45) is 2.81. The zero-order valence-electron chi connectivity index (χ0n) is 8.23. The van der Waals surface area contributed by atoms with Crippen molar-refractivity contribution in [3.05, 3.63) is 30.3 Å². The molecule has 14 heavy (non-hydrogen) atoms. The Morgan fingerprint density at radius 2 is 1.93 bits per heavy atom. The first kappa shape index (κ1) is 11.6. The van der Waals surface area contributed by atoms with Gasteiger partial charge >= 0.3 is 0 Å². The van der Waals surface area contributed by atoms with Crippen LogP contribution in [0.25, 0.3) is 0 Å². The van der Waals surface area contributed by atoms with Crippen LogP contribution in [0.3, 0.4) is 0 Å². The lowest BCUT2D eigenvalue weighted by atomic mass is 10.2. The first-order chi connectivity index (χ1) is 6.83. The van der Waals surface area contributed by atoms with Crippen LogP contribution in [0.5, 0.6) is 0 Å². The van der Waals surface area contributed by atoms with E-state index in [1.54, 1.807) is 11.8 Å². The summed E-state index contributed by atoms with van der Waals surface area (Å²) in [5, 5.41) is 8.76. The minimum atomic E-state index is 0.143. The lowest BCUT2D eigenvalue weighted by Gasteiger charge is -2.10. The van der Waals surface area contributed by atoms with E-state index in [2.05, 4.69) is 12.1 Å². The molecule has 0 radical (unpaired) electrons. The number of benzene rings is 1. The number of aliphatic hydroxyl groups excluding tert-OH is 1. The van der Waals surface area contributed by atoms with Crippen molar-refractivity contribution < 1.29 is 5.11 Å². The highest BCUT2D eigenvalue weighted by atomic mass is 32.2. The second-order valence-electron chi connectivity index (χ2n) is 3.19. The van der Waals surface area contributed by atoms with E-state index in [-0.39, 0.29) is 12.0 Å². The van der Waals surface area contributed by atoms with Gasteiger partial charge in [0.25, 0.3) is 0 Å². The van der Waals surface area contributed by atoms with Gasteiger partial charge in [0.05, 0.1) is 5.37 Å². The molecule has 1 unspecified atom stereocenters. The first-order valence-electron chi connectivity index (χ1n) is 4.91. The Morgan fingerprint density at radius 1 is 1.21 bits per heavy atom. The number of aliphatic hydroxyl groups is 1. The largest absolute Gasteiger partial charge is 0.396 e. The molecular weight excluding hydrogens is 194 g/mol. The molecule has 1 rings (SSSR count). The molecule has 3 N–H and O–H groups in total. The molecule has 0 aliphatic heterocycles. The van der Waals surface area contributed by atoms with Gasteiger partial charge in [0, 0.05) is 11.5 Å². The molecule has 78 valence electrons. The predicted octanol–water partition coefficient (Wildman–Crippen LogP) is 2.23. The van der Waals surface area contributed by atoms with Crippen LogP contribution in [0.4, 0.5) is 0 Å². The molecule has 0 heterocycles. The molecule has 2 nitrogen and oxygen atoms in total. The van der Waals surface area contributed by atoms with Gasteiger partial charge in [-0.2, -0.15) is 0 Å². The summed E-state index contributed by atoms with van der Waals surface area (Å²) in [4.78, 5) is 1.21. The van der Waals surface area contributed by atoms with Gasteiger partial charge in [-0.1, -0.05) is 18.2 Å². The molecule has 3 heteroatoms. The van der Waals surface area contributed by atoms with Crippen LogP contribution in [0.15, 0.2) is 35.2 Å². The van der Waals surface area contributed by atoms with E-state index in [4.69, 9.17) is 10.8 Å². The maximum absolute atomic E-state index is 8.62. The lowest BCUT2D eigenvalue weighted by Crippen LogP contribution is -2.14. The maximum atomic E-state index is 8.62. The van der Waals surface area contributed by atoms with E-state index >= 15 is 0 Å². The van der Waals surface area contributed by atoms with E-state index in [1.165, 1.54) is 4.90 Å². The smallest absolute Gasteiger partial charge is 0.0554 e. The van der Waals surface area contributed by atoms with Gasteiger partial charge in [0.2, 0.25) is 0 Å². The third-order valence-electron chi connectivity index (χ3n) is 1.93. The molecule has 0 aliphatic rings. The van der Waals surface area contributed by atoms with Gasteiger partial charge in [-0.25, -0.2) is 0 Å². The van der Waals surface area contributed by atoms with Crippen LogP contribution in [0, 0.1) is 0 Å². The number of rotatable bonds is 6. The lowest BCUT2D eigenvalue weighted by molar-refractivity contribution is 0.283. The van der Waals surface area contributed by atoms with Crippen LogP contribution >= 0.6 is 11.8 Å². The monoisotopic (exact) mass is 211 g/mol. The zero-order chi connectivity index (χ0) is 10.2. The summed E-state index contributed by atoms with van der Waals surface area (Å²) < 4.78 is 0. The van der Waals surface area contributed by atoms with Crippen molar-refractivity contribution in [1.82, 2.24) is 0 Å². The standard InChI is InChI=1S/C11H17NOS/c12-11(8-4-5-9-13)14-10-6-2-1-3-7-10/h1-3,6-7,11,13H,4-5,8-9,12H2. The molecule has 0 aliphatic carbocycles. The van der Waals surface area contributed by atoms with Gasteiger partial charge in [0.15, 0.2) is 0 Å². The molecule has 0 fully saturated rings. The Balaban J connectivity index is 2.23. The summed E-state index contributed by atoms with van der Waals surface area (Å²) >= 11 is 1.69. The second kappa shape index (κ2) is 6.87. The van der Waals surface area contributed by atoms with Crippen molar-refractivity contribution in [2.75, 3.05) is 6.61 Å². The molecule has 0 bridgehead atoms. The number of hydrogen-bond donors (Lipinski definition) is 2. The predicted molar refractivity (Wildman–Crippen MR) is 61.2 cm³/mol. The number of nitrogens with two attached hydrogens (primary N) is 1. The fraction of sp³-hybridized carbons (Fsp3) is 0.455. The second-order valence-corrected chi connectivity index (χ2v) is 4.50. The average molecular weight is 211 g/mol. The number of thioether (sulfide) groups is 1. The van der Waals surface area contributed by atoms with Crippen molar-refractivity contribution in [1.29, 1.82) is 0 Å². The van der Waals surface area contributed by atoms with Gasteiger partial charge in [-0.15, -0.1) is 11.8 Å².